The topological polar surface area (TPSA) is 94.8 Å². The van der Waals surface area contributed by atoms with Crippen LogP contribution in [0, 0.1) is 6.92 Å². The molecule has 0 radical (unpaired) electrons. The number of nitrogens with one attached hydrogen (secondary N) is 1. The summed E-state index contributed by atoms with van der Waals surface area (Å²) in [5.74, 6) is -0.681. The highest BCUT2D eigenvalue weighted by Crippen LogP contribution is 2.16. The standard InChI is InChI=1S/C14H13N3O3/c1-9-6-15-8-13(19)11(9)7-16-17-14(20)10-4-2-3-5-12(10)18/h2-8,18-19H,1H3,(H,17,20). The second kappa shape index (κ2) is 5.83. The molecule has 0 unspecified atom stereocenters. The van der Waals surface area contributed by atoms with Crippen molar-refractivity contribution in [3.05, 3.63) is 53.3 Å². The van der Waals surface area contributed by atoms with Crippen molar-refractivity contribution < 1.29 is 15.0 Å². The Kier molecular flexibility index (Phi) is 3.95. The van der Waals surface area contributed by atoms with E-state index < -0.39 is 5.91 Å². The van der Waals surface area contributed by atoms with Crippen LogP contribution in [0.4, 0.5) is 0 Å². The average molecular weight is 271 g/mol. The van der Waals surface area contributed by atoms with Crippen molar-refractivity contribution in [3.8, 4) is 11.5 Å². The zero-order valence-electron chi connectivity index (χ0n) is 10.7. The van der Waals surface area contributed by atoms with Gasteiger partial charge in [-0.3, -0.25) is 9.78 Å². The van der Waals surface area contributed by atoms with E-state index in [2.05, 4.69) is 15.5 Å². The fourth-order valence-electron chi connectivity index (χ4n) is 1.61. The number of hydrazone groups is 1. The maximum atomic E-state index is 11.8. The van der Waals surface area contributed by atoms with Crippen LogP contribution in [0.1, 0.15) is 21.5 Å². The molecule has 0 fully saturated rings. The summed E-state index contributed by atoms with van der Waals surface area (Å²) in [6.45, 7) is 1.76. The van der Waals surface area contributed by atoms with Crippen LogP contribution in [0.15, 0.2) is 41.8 Å². The number of hydrogen-bond donors (Lipinski definition) is 3. The number of phenolic OH excluding ortho intramolecular Hbond substituents is 1. The molecule has 3 N–H and O–H groups in total. The Hall–Kier alpha value is -2.89. The molecule has 0 bridgehead atoms. The third kappa shape index (κ3) is 2.92. The van der Waals surface area contributed by atoms with Crippen molar-refractivity contribution >= 4 is 12.1 Å². The molecule has 0 spiro atoms. The van der Waals surface area contributed by atoms with Gasteiger partial charge in [-0.15, -0.1) is 0 Å². The van der Waals surface area contributed by atoms with Gasteiger partial charge in [0.2, 0.25) is 0 Å². The normalized spacial score (nSPS) is 10.7. The Morgan fingerprint density at radius 1 is 1.25 bits per heavy atom. The number of aryl methyl sites for hydroxylation is 1. The number of carbonyl (C=O) groups is 1. The number of nitrogens with zero attached hydrogens (tertiary/aromatic N) is 2. The van der Waals surface area contributed by atoms with E-state index >= 15 is 0 Å². The quantitative estimate of drug-likeness (QED) is 0.583. The molecule has 0 atom stereocenters. The van der Waals surface area contributed by atoms with Crippen molar-refractivity contribution in [2.24, 2.45) is 5.10 Å². The van der Waals surface area contributed by atoms with Gasteiger partial charge in [0.25, 0.3) is 5.91 Å². The van der Waals surface area contributed by atoms with Crippen LogP contribution in [-0.4, -0.2) is 27.3 Å². The summed E-state index contributed by atoms with van der Waals surface area (Å²) < 4.78 is 0. The van der Waals surface area contributed by atoms with Gasteiger partial charge in [0.1, 0.15) is 11.5 Å². The first kappa shape index (κ1) is 13.5. The highest BCUT2D eigenvalue weighted by molar-refractivity contribution is 5.97. The van der Waals surface area contributed by atoms with Gasteiger partial charge in [-0.1, -0.05) is 12.1 Å². The lowest BCUT2D eigenvalue weighted by atomic mass is 10.1. The van der Waals surface area contributed by atoms with E-state index in [0.717, 1.165) is 5.56 Å². The van der Waals surface area contributed by atoms with Crippen LogP contribution in [0.5, 0.6) is 11.5 Å². The molecule has 0 saturated heterocycles. The number of para-hydroxylation sites is 1. The number of benzene rings is 1. The van der Waals surface area contributed by atoms with E-state index in [-0.39, 0.29) is 17.1 Å². The monoisotopic (exact) mass is 271 g/mol. The van der Waals surface area contributed by atoms with Crippen LogP contribution >= 0.6 is 0 Å². The number of pyridine rings is 1. The fourth-order valence-corrected chi connectivity index (χ4v) is 1.61. The number of phenols is 1. The number of aromatic nitrogens is 1. The minimum absolute atomic E-state index is 0.0226. The molecule has 102 valence electrons. The first-order valence-corrected chi connectivity index (χ1v) is 5.84. The molecular formula is C14H13N3O3. The van der Waals surface area contributed by atoms with E-state index in [1.165, 1.54) is 24.5 Å². The van der Waals surface area contributed by atoms with Crippen molar-refractivity contribution in [3.63, 3.8) is 0 Å². The van der Waals surface area contributed by atoms with Gasteiger partial charge in [0.15, 0.2) is 0 Å². The number of aromatic hydroxyl groups is 2. The van der Waals surface area contributed by atoms with Crippen LogP contribution in [0.25, 0.3) is 0 Å². The Balaban J connectivity index is 2.11. The number of hydrogen-bond acceptors (Lipinski definition) is 5. The summed E-state index contributed by atoms with van der Waals surface area (Å²) in [5.41, 5.74) is 3.60. The molecule has 1 amide bonds. The van der Waals surface area contributed by atoms with Crippen LogP contribution in [0.3, 0.4) is 0 Å². The van der Waals surface area contributed by atoms with Crippen LogP contribution in [-0.2, 0) is 0 Å². The van der Waals surface area contributed by atoms with Gasteiger partial charge in [-0.2, -0.15) is 5.10 Å². The molecule has 0 aliphatic heterocycles. The van der Waals surface area contributed by atoms with Gasteiger partial charge in [-0.05, 0) is 24.6 Å². The number of amides is 1. The molecule has 6 nitrogen and oxygen atoms in total. The zero-order chi connectivity index (χ0) is 14.5. The third-order valence-electron chi connectivity index (χ3n) is 2.67. The lowest BCUT2D eigenvalue weighted by Crippen LogP contribution is -2.17. The molecule has 0 aliphatic rings. The first-order chi connectivity index (χ1) is 9.59. The molecule has 6 heteroatoms. The van der Waals surface area contributed by atoms with Crippen molar-refractivity contribution in [2.75, 3.05) is 0 Å². The maximum Gasteiger partial charge on any atom is 0.275 e. The van der Waals surface area contributed by atoms with E-state index in [4.69, 9.17) is 0 Å². The molecule has 20 heavy (non-hydrogen) atoms. The summed E-state index contributed by atoms with van der Waals surface area (Å²) in [6, 6.07) is 6.15. The SMILES string of the molecule is Cc1cncc(O)c1C=NNC(=O)c1ccccc1O. The Morgan fingerprint density at radius 3 is 2.70 bits per heavy atom. The summed E-state index contributed by atoms with van der Waals surface area (Å²) in [6.07, 6.45) is 4.19. The van der Waals surface area contributed by atoms with Crippen LogP contribution in [0.2, 0.25) is 0 Å². The second-order valence-corrected chi connectivity index (χ2v) is 4.11. The molecular weight excluding hydrogens is 258 g/mol. The highest BCUT2D eigenvalue weighted by Gasteiger charge is 2.09. The fraction of sp³-hybridized carbons (Fsp3) is 0.0714. The molecule has 1 aromatic heterocycles. The minimum Gasteiger partial charge on any atom is -0.507 e. The zero-order valence-corrected chi connectivity index (χ0v) is 10.7. The van der Waals surface area contributed by atoms with E-state index in [9.17, 15) is 15.0 Å². The molecule has 0 saturated carbocycles. The third-order valence-corrected chi connectivity index (χ3v) is 2.67. The maximum absolute atomic E-state index is 11.8. The van der Waals surface area contributed by atoms with Crippen molar-refractivity contribution in [2.45, 2.75) is 6.92 Å². The molecule has 2 rings (SSSR count). The smallest absolute Gasteiger partial charge is 0.275 e. The van der Waals surface area contributed by atoms with Gasteiger partial charge < -0.3 is 10.2 Å². The first-order valence-electron chi connectivity index (χ1n) is 5.84. The Bertz CT molecular complexity index is 648. The lowest BCUT2D eigenvalue weighted by molar-refractivity contribution is 0.0952. The van der Waals surface area contributed by atoms with Gasteiger partial charge in [0.05, 0.1) is 18.0 Å². The molecule has 2 aromatic rings. The van der Waals surface area contributed by atoms with Gasteiger partial charge in [0, 0.05) is 11.8 Å². The summed E-state index contributed by atoms with van der Waals surface area (Å²) in [4.78, 5) is 15.6. The Morgan fingerprint density at radius 2 is 2.00 bits per heavy atom. The molecule has 1 heterocycles. The molecule has 0 aliphatic carbocycles. The lowest BCUT2D eigenvalue weighted by Gasteiger charge is -2.03. The second-order valence-electron chi connectivity index (χ2n) is 4.11. The number of carbonyl (C=O) groups excluding carboxylic acids is 1. The predicted octanol–water partition coefficient (Wildman–Crippen LogP) is 1.57. The summed E-state index contributed by atoms with van der Waals surface area (Å²) in [5, 5.41) is 22.9. The average Bonchev–Trinajstić information content (AvgIpc) is 2.42. The van der Waals surface area contributed by atoms with Crippen LogP contribution < -0.4 is 5.43 Å². The predicted molar refractivity (Wildman–Crippen MR) is 73.8 cm³/mol. The summed E-state index contributed by atoms with van der Waals surface area (Å²) in [7, 11) is 0. The minimum atomic E-state index is -0.537. The van der Waals surface area contributed by atoms with E-state index in [0.29, 0.717) is 5.56 Å². The van der Waals surface area contributed by atoms with Crippen molar-refractivity contribution in [1.29, 1.82) is 0 Å². The summed E-state index contributed by atoms with van der Waals surface area (Å²) >= 11 is 0. The van der Waals surface area contributed by atoms with E-state index in [1.54, 1.807) is 25.3 Å². The van der Waals surface area contributed by atoms with Gasteiger partial charge in [-0.25, -0.2) is 5.43 Å². The van der Waals surface area contributed by atoms with E-state index in [1.807, 2.05) is 0 Å². The van der Waals surface area contributed by atoms with Gasteiger partial charge >= 0.3 is 0 Å². The van der Waals surface area contributed by atoms with Crippen molar-refractivity contribution in [1.82, 2.24) is 10.4 Å². The highest BCUT2D eigenvalue weighted by atomic mass is 16.3. The Labute approximate surface area is 115 Å². The number of rotatable bonds is 3. The largest absolute Gasteiger partial charge is 0.507 e. The molecule has 1 aromatic carbocycles.